The number of anilines is 1. The van der Waals surface area contributed by atoms with Crippen LogP contribution < -0.4 is 4.90 Å². The van der Waals surface area contributed by atoms with Crippen molar-refractivity contribution in [2.24, 2.45) is 0 Å². The van der Waals surface area contributed by atoms with E-state index in [1.807, 2.05) is 121 Å². The second kappa shape index (κ2) is 16.6. The molecule has 9 rings (SSSR count). The van der Waals surface area contributed by atoms with Crippen LogP contribution in [0.2, 0.25) is 0 Å². The summed E-state index contributed by atoms with van der Waals surface area (Å²) in [5.41, 5.74) is 5.32. The third-order valence-corrected chi connectivity index (χ3v) is 14.4. The first-order chi connectivity index (χ1) is 30.0. The number of hydrogen-bond acceptors (Lipinski definition) is 4. The summed E-state index contributed by atoms with van der Waals surface area (Å²) in [6.07, 6.45) is 7.37. The first-order valence-electron chi connectivity index (χ1n) is 20.6. The van der Waals surface area contributed by atoms with Crippen molar-refractivity contribution in [2.45, 2.75) is 67.5 Å². The number of imidazole rings is 1. The summed E-state index contributed by atoms with van der Waals surface area (Å²) in [5, 5.41) is 0. The van der Waals surface area contributed by atoms with Gasteiger partial charge in [0.1, 0.15) is 11.6 Å². The number of benzene rings is 6. The summed E-state index contributed by atoms with van der Waals surface area (Å²) in [7, 11) is -5.39. The number of fused-ring (bicyclic) bond motifs is 1. The molecule has 62 heavy (non-hydrogen) atoms. The van der Waals surface area contributed by atoms with Crippen molar-refractivity contribution in [3.05, 3.63) is 197 Å². The molecule has 2 aliphatic rings. The van der Waals surface area contributed by atoms with Crippen LogP contribution in [-0.2, 0) is 26.9 Å². The fraction of sp³-hybridized carbons (Fsp3) is 0.224. The van der Waals surface area contributed by atoms with Crippen LogP contribution in [0, 0.1) is 29.1 Å². The molecule has 1 amide bonds. The second-order valence-electron chi connectivity index (χ2n) is 15.9. The molecule has 0 bridgehead atoms. The van der Waals surface area contributed by atoms with Gasteiger partial charge in [0.15, 0.2) is 28.2 Å². The minimum Gasteiger partial charge on any atom is -0.312 e. The van der Waals surface area contributed by atoms with Crippen LogP contribution >= 0.6 is 0 Å². The molecule has 1 aromatic heterocycles. The Balaban J connectivity index is 1.18. The van der Waals surface area contributed by atoms with Crippen molar-refractivity contribution in [3.8, 4) is 0 Å². The molecule has 13 heteroatoms. The number of rotatable bonds is 11. The zero-order chi connectivity index (χ0) is 43.2. The summed E-state index contributed by atoms with van der Waals surface area (Å²) in [6, 6.07) is 41.6. The van der Waals surface area contributed by atoms with E-state index in [0.29, 0.717) is 26.9 Å². The topological polar surface area (TPSA) is 75.5 Å². The maximum absolute atomic E-state index is 15.0. The van der Waals surface area contributed by atoms with Crippen LogP contribution in [0.3, 0.4) is 0 Å². The third kappa shape index (κ3) is 6.97. The first kappa shape index (κ1) is 41.2. The van der Waals surface area contributed by atoms with Gasteiger partial charge in [0, 0.05) is 12.2 Å². The number of halogens is 5. The highest BCUT2D eigenvalue weighted by atomic mass is 32.2. The Morgan fingerprint density at radius 1 is 0.661 bits per heavy atom. The van der Waals surface area contributed by atoms with Crippen molar-refractivity contribution >= 4 is 32.7 Å². The summed E-state index contributed by atoms with van der Waals surface area (Å²) >= 11 is 0. The highest BCUT2D eigenvalue weighted by molar-refractivity contribution is 7.89. The molecule has 2 fully saturated rings. The van der Waals surface area contributed by atoms with Gasteiger partial charge in [-0.1, -0.05) is 135 Å². The minimum absolute atomic E-state index is 0.0302. The SMILES string of the molecule is O=C([C@H]1CCN1S(=O)(=O)c1c(F)c(F)c(F)c(F)c1F)N(Cc1ccc(C2CCCCC2)cc1)c1ccc2ncn(C(c3ccccc3)(c3ccccc3)c3ccccc3)c2c1. The van der Waals surface area contributed by atoms with Crippen LogP contribution in [-0.4, -0.2) is 40.8 Å². The number of nitrogens with zero attached hydrogens (tertiary/aromatic N) is 4. The lowest BCUT2D eigenvalue weighted by atomic mass is 9.76. The average molecular weight is 861 g/mol. The molecule has 7 aromatic rings. The zero-order valence-corrected chi connectivity index (χ0v) is 34.2. The quantitative estimate of drug-likeness (QED) is 0.0562. The zero-order valence-electron chi connectivity index (χ0n) is 33.4. The Hall–Kier alpha value is -6.18. The van der Waals surface area contributed by atoms with Gasteiger partial charge in [-0.3, -0.25) is 4.79 Å². The molecule has 0 spiro atoms. The molecule has 1 saturated carbocycles. The predicted octanol–water partition coefficient (Wildman–Crippen LogP) is 10.6. The number of carbonyl (C=O) groups is 1. The number of aromatic nitrogens is 2. The van der Waals surface area contributed by atoms with E-state index in [1.165, 1.54) is 16.9 Å². The van der Waals surface area contributed by atoms with Gasteiger partial charge in [0.05, 0.1) is 23.9 Å². The number of sulfonamides is 1. The molecule has 1 atom stereocenters. The van der Waals surface area contributed by atoms with E-state index in [-0.39, 0.29) is 19.5 Å². The van der Waals surface area contributed by atoms with Gasteiger partial charge in [0.2, 0.25) is 21.7 Å². The van der Waals surface area contributed by atoms with Gasteiger partial charge in [-0.25, -0.2) is 35.4 Å². The van der Waals surface area contributed by atoms with Gasteiger partial charge in [0.25, 0.3) is 0 Å². The molecule has 6 aromatic carbocycles. The molecule has 0 radical (unpaired) electrons. The molecule has 1 saturated heterocycles. The van der Waals surface area contributed by atoms with Crippen LogP contribution in [0.15, 0.2) is 145 Å². The average Bonchev–Trinajstić information content (AvgIpc) is 3.71. The Morgan fingerprint density at radius 3 is 1.71 bits per heavy atom. The Morgan fingerprint density at radius 2 is 1.19 bits per heavy atom. The number of hydrogen-bond donors (Lipinski definition) is 0. The van der Waals surface area contributed by atoms with Crippen molar-refractivity contribution in [1.29, 1.82) is 0 Å². The highest BCUT2D eigenvalue weighted by Crippen LogP contribution is 2.44. The van der Waals surface area contributed by atoms with Gasteiger partial charge in [-0.15, -0.1) is 0 Å². The van der Waals surface area contributed by atoms with Crippen molar-refractivity contribution < 1.29 is 35.2 Å². The van der Waals surface area contributed by atoms with E-state index >= 15 is 8.78 Å². The van der Waals surface area contributed by atoms with E-state index in [0.717, 1.165) is 47.9 Å². The summed E-state index contributed by atoms with van der Waals surface area (Å²) in [5.74, 6) is -12.6. The Labute approximate surface area is 356 Å². The molecular formula is C49H41F5N4O3S. The number of carbonyl (C=O) groups excluding carboxylic acids is 1. The summed E-state index contributed by atoms with van der Waals surface area (Å²) < 4.78 is 103. The number of amides is 1. The molecular weight excluding hydrogens is 820 g/mol. The highest BCUT2D eigenvalue weighted by Gasteiger charge is 2.48. The molecule has 2 heterocycles. The van der Waals surface area contributed by atoms with Crippen molar-refractivity contribution in [2.75, 3.05) is 11.4 Å². The van der Waals surface area contributed by atoms with E-state index in [9.17, 15) is 26.4 Å². The smallest absolute Gasteiger partial charge is 0.249 e. The lowest BCUT2D eigenvalue weighted by Crippen LogP contribution is -2.59. The standard InChI is InChI=1S/C49H41F5N4O3S/c50-42-43(51)45(53)47(46(54)44(42)52)62(60,61)58-28-27-40(58)48(59)56(30-32-21-23-34(24-22-32)33-13-5-1-6-14-33)38-25-26-39-41(29-38)57(31-55-39)49(35-15-7-2-8-16-35,36-17-9-3-10-18-36)37-19-11-4-12-20-37/h2-4,7-12,15-26,29,31,33,40H,1,5-6,13-14,27-28,30H2/t40-/m1/s1. The van der Waals surface area contributed by atoms with Crippen LogP contribution in [0.4, 0.5) is 27.6 Å². The van der Waals surface area contributed by atoms with Crippen LogP contribution in [0.5, 0.6) is 0 Å². The van der Waals surface area contributed by atoms with E-state index in [4.69, 9.17) is 4.98 Å². The first-order valence-corrected chi connectivity index (χ1v) is 22.0. The van der Waals surface area contributed by atoms with Gasteiger partial charge >= 0.3 is 0 Å². The Bertz CT molecular complexity index is 2750. The third-order valence-electron chi connectivity index (χ3n) is 12.4. The lowest BCUT2D eigenvalue weighted by molar-refractivity contribution is -0.125. The molecule has 1 aliphatic heterocycles. The minimum atomic E-state index is -5.39. The molecule has 0 N–H and O–H groups in total. The monoisotopic (exact) mass is 860 g/mol. The van der Waals surface area contributed by atoms with E-state index in [2.05, 4.69) is 4.57 Å². The van der Waals surface area contributed by atoms with Crippen molar-refractivity contribution in [3.63, 3.8) is 0 Å². The molecule has 1 aliphatic carbocycles. The van der Waals surface area contributed by atoms with Crippen molar-refractivity contribution in [1.82, 2.24) is 13.9 Å². The van der Waals surface area contributed by atoms with Gasteiger partial charge < -0.3 is 9.47 Å². The second-order valence-corrected chi connectivity index (χ2v) is 17.7. The maximum Gasteiger partial charge on any atom is 0.249 e. The van der Waals surface area contributed by atoms with Gasteiger partial charge in [-0.2, -0.15) is 4.31 Å². The fourth-order valence-corrected chi connectivity index (χ4v) is 10.9. The van der Waals surface area contributed by atoms with Crippen LogP contribution in [0.25, 0.3) is 11.0 Å². The molecule has 316 valence electrons. The van der Waals surface area contributed by atoms with E-state index in [1.54, 1.807) is 18.5 Å². The van der Waals surface area contributed by atoms with Gasteiger partial charge in [-0.05, 0) is 71.2 Å². The normalized spacial score (nSPS) is 16.3. The maximum atomic E-state index is 15.0. The fourth-order valence-electron chi connectivity index (χ4n) is 9.20. The summed E-state index contributed by atoms with van der Waals surface area (Å²) in [4.78, 5) is 19.2. The van der Waals surface area contributed by atoms with Crippen LogP contribution in [0.1, 0.15) is 72.3 Å². The largest absolute Gasteiger partial charge is 0.312 e. The summed E-state index contributed by atoms with van der Waals surface area (Å²) in [6.45, 7) is -0.417. The predicted molar refractivity (Wildman–Crippen MR) is 226 cm³/mol. The molecule has 7 nitrogen and oxygen atoms in total. The Kier molecular flexibility index (Phi) is 11.0. The lowest BCUT2D eigenvalue weighted by Gasteiger charge is -2.41. The molecule has 0 unspecified atom stereocenters. The van der Waals surface area contributed by atoms with E-state index < -0.39 is 61.5 Å².